The number of ketones is 2. The molecule has 1 aromatic heterocycles. The highest BCUT2D eigenvalue weighted by atomic mass is 16.5. The van der Waals surface area contributed by atoms with Crippen molar-refractivity contribution in [2.24, 2.45) is 9.98 Å². The number of carbonyl (C=O) groups is 3. The molecule has 3 aromatic carbocycles. The van der Waals surface area contributed by atoms with Gasteiger partial charge < -0.3 is 14.6 Å². The smallest absolute Gasteiger partial charge is 0.324 e. The normalized spacial score (nSPS) is 17.2. The Bertz CT molecular complexity index is 1750. The molecule has 2 aliphatic heterocycles. The van der Waals surface area contributed by atoms with Crippen LogP contribution >= 0.6 is 0 Å². The number of carbonyl (C=O) groups excluding carboxylic acids is 3. The van der Waals surface area contributed by atoms with Crippen LogP contribution in [0.4, 0.5) is 10.6 Å². The minimum atomic E-state index is -1.22. The van der Waals surface area contributed by atoms with E-state index in [0.717, 1.165) is 16.7 Å². The molecular formula is C32H28N6O4. The first-order valence-corrected chi connectivity index (χ1v) is 13.4. The molecule has 1 unspecified atom stereocenters. The first-order valence-electron chi connectivity index (χ1n) is 13.4. The molecule has 0 bridgehead atoms. The van der Waals surface area contributed by atoms with Crippen molar-refractivity contribution in [3.8, 4) is 5.75 Å². The van der Waals surface area contributed by atoms with Gasteiger partial charge in [-0.3, -0.25) is 14.5 Å². The number of nitrogens with zero attached hydrogens (tertiary/aromatic N) is 5. The van der Waals surface area contributed by atoms with Gasteiger partial charge in [0.25, 0.3) is 0 Å². The summed E-state index contributed by atoms with van der Waals surface area (Å²) in [4.78, 5) is 52.9. The fourth-order valence-electron chi connectivity index (χ4n) is 5.34. The van der Waals surface area contributed by atoms with Crippen LogP contribution in [0.3, 0.4) is 0 Å². The molecule has 6 rings (SSSR count). The number of ether oxygens (including phenoxy) is 1. The highest BCUT2D eigenvalue weighted by Gasteiger charge is 2.55. The van der Waals surface area contributed by atoms with E-state index in [1.54, 1.807) is 42.6 Å². The number of hydrogen-bond donors (Lipinski definition) is 1. The number of benzene rings is 3. The highest BCUT2D eigenvalue weighted by molar-refractivity contribution is 6.15. The van der Waals surface area contributed by atoms with Crippen LogP contribution in [-0.4, -0.2) is 51.3 Å². The lowest BCUT2D eigenvalue weighted by Crippen LogP contribution is -2.45. The lowest BCUT2D eigenvalue weighted by atomic mass is 9.85. The van der Waals surface area contributed by atoms with Gasteiger partial charge in [0.2, 0.25) is 0 Å². The Labute approximate surface area is 242 Å². The van der Waals surface area contributed by atoms with Crippen molar-refractivity contribution in [2.75, 3.05) is 7.11 Å². The summed E-state index contributed by atoms with van der Waals surface area (Å²) in [5.41, 5.74) is 3.09. The summed E-state index contributed by atoms with van der Waals surface area (Å²) in [7, 11) is 1.60. The van der Waals surface area contributed by atoms with Crippen LogP contribution in [0.1, 0.15) is 56.9 Å². The van der Waals surface area contributed by atoms with E-state index in [0.29, 0.717) is 40.8 Å². The quantitative estimate of drug-likeness (QED) is 0.308. The molecule has 1 saturated heterocycles. The number of urea groups is 1. The van der Waals surface area contributed by atoms with Crippen LogP contribution in [-0.2, 0) is 18.6 Å². The van der Waals surface area contributed by atoms with Gasteiger partial charge in [0.15, 0.2) is 28.8 Å². The number of aliphatic imine (C=N–C) groups is 2. The zero-order valence-electron chi connectivity index (χ0n) is 23.4. The SMILES string of the molecule is COc1ccc(C23NC(=O)N(Cc4ccc(C(C)=O)cc4)C2=NC=Nc2c3ncn2Cc2ccc(C(C)=O)cc2)cc1. The Morgan fingerprint density at radius 2 is 1.45 bits per heavy atom. The Hall–Kier alpha value is -5.38. The third kappa shape index (κ3) is 4.56. The predicted molar refractivity (Wildman–Crippen MR) is 158 cm³/mol. The number of imidazole rings is 1. The van der Waals surface area contributed by atoms with Crippen molar-refractivity contribution in [2.45, 2.75) is 32.5 Å². The lowest BCUT2D eigenvalue weighted by Gasteiger charge is -2.28. The van der Waals surface area contributed by atoms with Crippen molar-refractivity contribution >= 4 is 35.6 Å². The van der Waals surface area contributed by atoms with Crippen molar-refractivity contribution in [3.63, 3.8) is 0 Å². The van der Waals surface area contributed by atoms with Crippen molar-refractivity contribution in [1.29, 1.82) is 0 Å². The van der Waals surface area contributed by atoms with Crippen LogP contribution in [0.5, 0.6) is 5.75 Å². The topological polar surface area (TPSA) is 118 Å². The van der Waals surface area contributed by atoms with Crippen LogP contribution in [0, 0.1) is 0 Å². The van der Waals surface area contributed by atoms with Crippen molar-refractivity contribution < 1.29 is 19.1 Å². The van der Waals surface area contributed by atoms with E-state index in [-0.39, 0.29) is 24.1 Å². The van der Waals surface area contributed by atoms with E-state index < -0.39 is 5.54 Å². The Morgan fingerprint density at radius 1 is 0.857 bits per heavy atom. The molecule has 0 radical (unpaired) electrons. The highest BCUT2D eigenvalue weighted by Crippen LogP contribution is 2.42. The van der Waals surface area contributed by atoms with E-state index in [1.165, 1.54) is 20.2 Å². The molecule has 10 heteroatoms. The first-order chi connectivity index (χ1) is 20.3. The van der Waals surface area contributed by atoms with Gasteiger partial charge in [-0.15, -0.1) is 0 Å². The maximum Gasteiger partial charge on any atom is 0.324 e. The average molecular weight is 561 g/mol. The van der Waals surface area contributed by atoms with Gasteiger partial charge in [0.1, 0.15) is 17.8 Å². The number of rotatable bonds is 8. The molecular weight excluding hydrogens is 532 g/mol. The molecule has 1 N–H and O–H groups in total. The summed E-state index contributed by atoms with van der Waals surface area (Å²) >= 11 is 0. The average Bonchev–Trinajstić information content (AvgIpc) is 3.46. The zero-order valence-corrected chi connectivity index (χ0v) is 23.4. The third-order valence-corrected chi connectivity index (χ3v) is 7.59. The number of hydrogen-bond acceptors (Lipinski definition) is 7. The van der Waals surface area contributed by atoms with Crippen LogP contribution in [0.25, 0.3) is 0 Å². The van der Waals surface area contributed by atoms with Gasteiger partial charge in [0, 0.05) is 11.1 Å². The van der Waals surface area contributed by atoms with E-state index in [1.807, 2.05) is 53.1 Å². The number of nitrogens with one attached hydrogen (secondary N) is 1. The van der Waals surface area contributed by atoms with Gasteiger partial charge in [-0.25, -0.2) is 19.8 Å². The monoisotopic (exact) mass is 560 g/mol. The lowest BCUT2D eigenvalue weighted by molar-refractivity contribution is 0.100. The van der Waals surface area contributed by atoms with Gasteiger partial charge in [0.05, 0.1) is 26.5 Å². The van der Waals surface area contributed by atoms with Gasteiger partial charge in [-0.2, -0.15) is 0 Å². The fourth-order valence-corrected chi connectivity index (χ4v) is 5.34. The van der Waals surface area contributed by atoms with E-state index >= 15 is 0 Å². The standard InChI is InChI=1S/C32H28N6O4/c1-20(39)24-8-4-22(5-9-24)16-37-19-35-28-29(37)33-18-34-30-32(28,26-12-14-27(42-3)15-13-26)36-31(41)38(30)17-23-6-10-25(11-7-23)21(2)40/h4-15,18-19H,16-17H2,1-3H3,(H,36,41). The predicted octanol–water partition coefficient (Wildman–Crippen LogP) is 4.89. The molecule has 3 heterocycles. The van der Waals surface area contributed by atoms with Gasteiger partial charge in [-0.1, -0.05) is 60.7 Å². The molecule has 0 saturated carbocycles. The Kier molecular flexibility index (Phi) is 6.74. The molecule has 210 valence electrons. The van der Waals surface area contributed by atoms with Crippen molar-refractivity contribution in [3.05, 3.63) is 113 Å². The summed E-state index contributed by atoms with van der Waals surface area (Å²) < 4.78 is 7.28. The zero-order chi connectivity index (χ0) is 29.4. The number of fused-ring (bicyclic) bond motifs is 3. The summed E-state index contributed by atoms with van der Waals surface area (Å²) in [5, 5.41) is 3.18. The van der Waals surface area contributed by atoms with E-state index in [4.69, 9.17) is 14.7 Å². The van der Waals surface area contributed by atoms with Gasteiger partial charge >= 0.3 is 6.03 Å². The molecule has 42 heavy (non-hydrogen) atoms. The largest absolute Gasteiger partial charge is 0.497 e. The van der Waals surface area contributed by atoms with Crippen molar-refractivity contribution in [1.82, 2.24) is 19.8 Å². The number of Topliss-reactive ketones (excluding diaryl/α,β-unsaturated/α-hetero) is 2. The second-order valence-corrected chi connectivity index (χ2v) is 10.2. The third-order valence-electron chi connectivity index (χ3n) is 7.59. The molecule has 2 amide bonds. The molecule has 1 fully saturated rings. The maximum absolute atomic E-state index is 13.7. The molecule has 4 aromatic rings. The van der Waals surface area contributed by atoms with Crippen LogP contribution in [0.15, 0.2) is 89.1 Å². The maximum atomic E-state index is 13.7. The van der Waals surface area contributed by atoms with Crippen LogP contribution < -0.4 is 10.1 Å². The molecule has 1 atom stereocenters. The van der Waals surface area contributed by atoms with Gasteiger partial charge in [-0.05, 0) is 42.7 Å². The number of amidine groups is 1. The Morgan fingerprint density at radius 3 is 2.02 bits per heavy atom. The summed E-state index contributed by atoms with van der Waals surface area (Å²) in [6.45, 7) is 3.73. The second kappa shape index (κ2) is 10.5. The fraction of sp³-hybridized carbons (Fsp3) is 0.188. The second-order valence-electron chi connectivity index (χ2n) is 10.2. The molecule has 0 aliphatic carbocycles. The Balaban J connectivity index is 1.43. The summed E-state index contributed by atoms with van der Waals surface area (Å²) in [6, 6.07) is 21.7. The number of methoxy groups -OCH3 is 1. The first kappa shape index (κ1) is 26.8. The molecule has 0 spiro atoms. The number of aromatic nitrogens is 2. The minimum Gasteiger partial charge on any atom is -0.497 e. The van der Waals surface area contributed by atoms with E-state index in [2.05, 4.69) is 10.3 Å². The molecule has 2 aliphatic rings. The van der Waals surface area contributed by atoms with Crippen LogP contribution in [0.2, 0.25) is 0 Å². The van der Waals surface area contributed by atoms with E-state index in [9.17, 15) is 14.4 Å². The summed E-state index contributed by atoms with van der Waals surface area (Å²) in [6.07, 6.45) is 3.15. The molecule has 10 nitrogen and oxygen atoms in total. The summed E-state index contributed by atoms with van der Waals surface area (Å²) in [5.74, 6) is 1.64. The minimum absolute atomic E-state index is 0.00471. The number of amides is 2.